The minimum Gasteiger partial charge on any atom is -0.465 e. The molecule has 1 aromatic carbocycles. The molecule has 1 heterocycles. The van der Waals surface area contributed by atoms with Crippen LogP contribution in [-0.4, -0.2) is 31.4 Å². The highest BCUT2D eigenvalue weighted by molar-refractivity contribution is 5.90. The first-order valence-corrected chi connectivity index (χ1v) is 7.84. The average molecular weight is 362 g/mol. The van der Waals surface area contributed by atoms with Crippen LogP contribution >= 0.6 is 0 Å². The van der Waals surface area contributed by atoms with Gasteiger partial charge in [0, 0.05) is 0 Å². The number of ether oxygens (including phenoxy) is 1. The van der Waals surface area contributed by atoms with Crippen LogP contribution in [0.2, 0.25) is 0 Å². The zero-order chi connectivity index (χ0) is 19.1. The van der Waals surface area contributed by atoms with Crippen molar-refractivity contribution in [2.24, 2.45) is 0 Å². The molecule has 138 valence electrons. The van der Waals surface area contributed by atoms with Crippen molar-refractivity contribution in [2.75, 3.05) is 13.7 Å². The van der Waals surface area contributed by atoms with Crippen molar-refractivity contribution in [1.82, 2.24) is 10.6 Å². The van der Waals surface area contributed by atoms with Crippen molar-refractivity contribution in [3.63, 3.8) is 0 Å². The van der Waals surface area contributed by atoms with Gasteiger partial charge < -0.3 is 19.8 Å². The molecule has 0 aliphatic rings. The summed E-state index contributed by atoms with van der Waals surface area (Å²) in [6.45, 7) is 1.46. The van der Waals surface area contributed by atoms with Crippen LogP contribution in [0.4, 0.5) is 4.39 Å². The predicted octanol–water partition coefficient (Wildman–Crippen LogP) is 1.49. The fourth-order valence-corrected chi connectivity index (χ4v) is 2.27. The van der Waals surface area contributed by atoms with Gasteiger partial charge in [-0.15, -0.1) is 0 Å². The summed E-state index contributed by atoms with van der Waals surface area (Å²) < 4.78 is 23.0. The van der Waals surface area contributed by atoms with Crippen LogP contribution in [0.15, 0.2) is 34.7 Å². The minimum absolute atomic E-state index is 0.0229. The zero-order valence-electron chi connectivity index (χ0n) is 14.4. The van der Waals surface area contributed by atoms with Crippen molar-refractivity contribution >= 4 is 17.8 Å². The Morgan fingerprint density at radius 1 is 1.15 bits per heavy atom. The minimum atomic E-state index is -0.520. The van der Waals surface area contributed by atoms with Gasteiger partial charge in [-0.25, -0.2) is 9.18 Å². The van der Waals surface area contributed by atoms with Gasteiger partial charge in [0.2, 0.25) is 11.8 Å². The molecule has 2 N–H and O–H groups in total. The third-order valence-electron chi connectivity index (χ3n) is 3.53. The van der Waals surface area contributed by atoms with Gasteiger partial charge in [0.25, 0.3) is 0 Å². The lowest BCUT2D eigenvalue weighted by molar-refractivity contribution is -0.125. The van der Waals surface area contributed by atoms with Crippen LogP contribution in [0.25, 0.3) is 0 Å². The molecule has 1 aromatic heterocycles. The van der Waals surface area contributed by atoms with E-state index in [2.05, 4.69) is 15.4 Å². The van der Waals surface area contributed by atoms with E-state index in [4.69, 9.17) is 4.42 Å². The molecule has 0 radical (unpaired) electrons. The highest BCUT2D eigenvalue weighted by Gasteiger charge is 2.15. The molecule has 0 atom stereocenters. The molecule has 26 heavy (non-hydrogen) atoms. The van der Waals surface area contributed by atoms with Gasteiger partial charge in [-0.05, 0) is 30.7 Å². The second-order valence-electron chi connectivity index (χ2n) is 5.53. The summed E-state index contributed by atoms with van der Waals surface area (Å²) in [6, 6.07) is 7.18. The van der Waals surface area contributed by atoms with E-state index in [0.29, 0.717) is 22.6 Å². The summed E-state index contributed by atoms with van der Waals surface area (Å²) in [7, 11) is 1.27. The molecule has 0 aliphatic heterocycles. The summed E-state index contributed by atoms with van der Waals surface area (Å²) in [6.07, 6.45) is -0.0229. The van der Waals surface area contributed by atoms with E-state index < -0.39 is 23.6 Å². The van der Waals surface area contributed by atoms with E-state index in [1.165, 1.54) is 31.4 Å². The van der Waals surface area contributed by atoms with E-state index in [-0.39, 0.29) is 19.5 Å². The molecule has 0 saturated heterocycles. The Labute approximate surface area is 149 Å². The molecular formula is C18H19FN2O5. The third kappa shape index (κ3) is 5.44. The van der Waals surface area contributed by atoms with Crippen LogP contribution in [0.1, 0.15) is 27.4 Å². The second-order valence-corrected chi connectivity index (χ2v) is 5.53. The molecule has 2 rings (SSSR count). The molecule has 0 fully saturated rings. The topological polar surface area (TPSA) is 97.6 Å². The number of halogens is 1. The molecular weight excluding hydrogens is 343 g/mol. The second kappa shape index (κ2) is 8.80. The smallest absolute Gasteiger partial charge is 0.341 e. The van der Waals surface area contributed by atoms with Gasteiger partial charge in [0.1, 0.15) is 22.9 Å². The van der Waals surface area contributed by atoms with E-state index in [1.54, 1.807) is 13.0 Å². The molecule has 0 bridgehead atoms. The Morgan fingerprint density at radius 3 is 2.62 bits per heavy atom. The molecule has 2 aromatic rings. The molecule has 0 aliphatic carbocycles. The lowest BCUT2D eigenvalue weighted by Crippen LogP contribution is -2.37. The number of carbonyl (C=O) groups is 3. The van der Waals surface area contributed by atoms with E-state index in [1.807, 2.05) is 0 Å². The van der Waals surface area contributed by atoms with E-state index in [9.17, 15) is 18.8 Å². The first-order valence-electron chi connectivity index (χ1n) is 7.84. The number of carbonyl (C=O) groups excluding carboxylic acids is 3. The van der Waals surface area contributed by atoms with Crippen LogP contribution in [0.3, 0.4) is 0 Å². The van der Waals surface area contributed by atoms with Gasteiger partial charge in [-0.1, -0.05) is 12.1 Å². The fraction of sp³-hybridized carbons (Fsp3) is 0.278. The number of hydrogen-bond acceptors (Lipinski definition) is 5. The highest BCUT2D eigenvalue weighted by atomic mass is 19.1. The Kier molecular flexibility index (Phi) is 6.48. The fourth-order valence-electron chi connectivity index (χ4n) is 2.27. The molecule has 0 spiro atoms. The quantitative estimate of drug-likeness (QED) is 0.728. The van der Waals surface area contributed by atoms with E-state index in [0.717, 1.165) is 0 Å². The normalized spacial score (nSPS) is 10.3. The SMILES string of the molecule is COC(=O)c1cc(CNC(=O)CNC(=O)Cc2cccc(F)c2)oc1C. The number of hydrogen-bond donors (Lipinski definition) is 2. The lowest BCUT2D eigenvalue weighted by Gasteiger charge is -2.06. The Balaban J connectivity index is 1.77. The van der Waals surface area contributed by atoms with Crippen LogP contribution in [0.5, 0.6) is 0 Å². The summed E-state index contributed by atoms with van der Waals surface area (Å²) in [5.41, 5.74) is 0.810. The maximum atomic E-state index is 13.1. The largest absolute Gasteiger partial charge is 0.465 e. The van der Waals surface area contributed by atoms with Crippen molar-refractivity contribution in [2.45, 2.75) is 19.9 Å². The number of amides is 2. The number of furan rings is 1. The third-order valence-corrected chi connectivity index (χ3v) is 3.53. The number of benzene rings is 1. The summed E-state index contributed by atoms with van der Waals surface area (Å²) in [5, 5.41) is 5.02. The van der Waals surface area contributed by atoms with Crippen LogP contribution in [0, 0.1) is 12.7 Å². The number of rotatable bonds is 7. The van der Waals surface area contributed by atoms with Gasteiger partial charge >= 0.3 is 5.97 Å². The Bertz CT molecular complexity index is 816. The molecule has 2 amide bonds. The van der Waals surface area contributed by atoms with Gasteiger partial charge in [-0.2, -0.15) is 0 Å². The average Bonchev–Trinajstić information content (AvgIpc) is 2.98. The lowest BCUT2D eigenvalue weighted by atomic mass is 10.1. The van der Waals surface area contributed by atoms with E-state index >= 15 is 0 Å². The zero-order valence-corrected chi connectivity index (χ0v) is 14.4. The summed E-state index contributed by atoms with van der Waals surface area (Å²) in [5.74, 6) is -0.979. The first kappa shape index (κ1) is 19.2. The maximum Gasteiger partial charge on any atom is 0.341 e. The van der Waals surface area contributed by atoms with Crippen molar-refractivity contribution in [3.8, 4) is 0 Å². The summed E-state index contributed by atoms with van der Waals surface area (Å²) in [4.78, 5) is 35.1. The molecule has 0 saturated carbocycles. The van der Waals surface area contributed by atoms with Gasteiger partial charge in [0.05, 0.1) is 26.6 Å². The van der Waals surface area contributed by atoms with Crippen LogP contribution in [-0.2, 0) is 27.3 Å². The molecule has 8 heteroatoms. The summed E-state index contributed by atoms with van der Waals surface area (Å²) >= 11 is 0. The molecule has 0 unspecified atom stereocenters. The Morgan fingerprint density at radius 2 is 1.92 bits per heavy atom. The van der Waals surface area contributed by atoms with Crippen molar-refractivity contribution in [1.29, 1.82) is 0 Å². The van der Waals surface area contributed by atoms with Crippen molar-refractivity contribution < 1.29 is 27.9 Å². The number of esters is 1. The highest BCUT2D eigenvalue weighted by Crippen LogP contribution is 2.15. The Hall–Kier alpha value is -3.16. The maximum absolute atomic E-state index is 13.1. The van der Waals surface area contributed by atoms with Crippen LogP contribution < -0.4 is 10.6 Å². The van der Waals surface area contributed by atoms with Crippen molar-refractivity contribution in [3.05, 3.63) is 58.8 Å². The monoisotopic (exact) mass is 362 g/mol. The predicted molar refractivity (Wildman–Crippen MR) is 89.7 cm³/mol. The molecule has 7 nitrogen and oxygen atoms in total. The standard InChI is InChI=1S/C18H19FN2O5/c1-11-15(18(24)25-2)8-14(26-11)9-20-17(23)10-21-16(22)7-12-4-3-5-13(19)6-12/h3-6,8H,7,9-10H2,1-2H3,(H,20,23)(H,21,22). The van der Waals surface area contributed by atoms with Gasteiger partial charge in [0.15, 0.2) is 0 Å². The number of aryl methyl sites for hydroxylation is 1. The van der Waals surface area contributed by atoms with Gasteiger partial charge in [-0.3, -0.25) is 9.59 Å². The first-order chi connectivity index (χ1) is 12.4. The number of nitrogens with one attached hydrogen (secondary N) is 2. The number of methoxy groups -OCH3 is 1.